The molecule has 0 rings (SSSR count). The summed E-state index contributed by atoms with van der Waals surface area (Å²) in [5, 5.41) is 23.2. The van der Waals surface area contributed by atoms with Crippen LogP contribution in [0.1, 0.15) is 0 Å². The van der Waals surface area contributed by atoms with Gasteiger partial charge in [0.2, 0.25) is 17.7 Å². The Kier molecular flexibility index (Phi) is 7.81. The van der Waals surface area contributed by atoms with Crippen molar-refractivity contribution in [3.05, 3.63) is 0 Å². The lowest BCUT2D eigenvalue weighted by Crippen LogP contribution is -2.47. The Hall–Kier alpha value is -2.20. The fourth-order valence-corrected chi connectivity index (χ4v) is 0.859. The number of nitrogens with one attached hydrogen (secondary N) is 3. The van der Waals surface area contributed by atoms with E-state index in [1.165, 1.54) is 0 Å². The summed E-state index contributed by atoms with van der Waals surface area (Å²) in [6, 6.07) is -1.12. The molecular formula is C9H16N4O6. The Morgan fingerprint density at radius 1 is 0.947 bits per heavy atom. The van der Waals surface area contributed by atoms with Crippen LogP contribution in [0.5, 0.6) is 0 Å². The van der Waals surface area contributed by atoms with Crippen LogP contribution in [0.2, 0.25) is 0 Å². The van der Waals surface area contributed by atoms with E-state index >= 15 is 0 Å². The Bertz CT molecular complexity index is 359. The second-order valence-corrected chi connectivity index (χ2v) is 3.45. The minimum absolute atomic E-state index is 0.404. The van der Waals surface area contributed by atoms with E-state index in [9.17, 15) is 19.2 Å². The van der Waals surface area contributed by atoms with Crippen molar-refractivity contribution in [3.63, 3.8) is 0 Å². The zero-order valence-corrected chi connectivity index (χ0v) is 10.0. The molecule has 1 atom stereocenters. The van der Waals surface area contributed by atoms with Crippen LogP contribution in [-0.2, 0) is 19.2 Å². The largest absolute Gasteiger partial charge is 0.480 e. The molecule has 0 aromatic heterocycles. The summed E-state index contributed by atoms with van der Waals surface area (Å²) in [6.45, 7) is -1.91. The SMILES string of the molecule is NC(CO)C(=O)NCC(=O)NCC(=O)NCC(=O)O. The molecule has 19 heavy (non-hydrogen) atoms. The van der Waals surface area contributed by atoms with Crippen molar-refractivity contribution in [1.82, 2.24) is 16.0 Å². The zero-order chi connectivity index (χ0) is 14.8. The Labute approximate surface area is 108 Å². The van der Waals surface area contributed by atoms with Crippen molar-refractivity contribution in [2.75, 3.05) is 26.2 Å². The molecule has 0 saturated heterocycles. The summed E-state index contributed by atoms with van der Waals surface area (Å²) in [5.41, 5.74) is 5.18. The molecule has 0 saturated carbocycles. The van der Waals surface area contributed by atoms with Gasteiger partial charge in [0, 0.05) is 0 Å². The number of carboxylic acids is 1. The van der Waals surface area contributed by atoms with Crippen LogP contribution in [0.4, 0.5) is 0 Å². The lowest BCUT2D eigenvalue weighted by atomic mass is 10.3. The first-order valence-electron chi connectivity index (χ1n) is 5.26. The molecule has 0 aliphatic carbocycles. The molecule has 0 aromatic carbocycles. The second-order valence-electron chi connectivity index (χ2n) is 3.45. The highest BCUT2D eigenvalue weighted by Gasteiger charge is 2.13. The number of aliphatic hydroxyl groups excluding tert-OH is 1. The lowest BCUT2D eigenvalue weighted by molar-refractivity contribution is -0.137. The minimum Gasteiger partial charge on any atom is -0.480 e. The van der Waals surface area contributed by atoms with Crippen molar-refractivity contribution in [2.24, 2.45) is 5.73 Å². The number of nitrogens with two attached hydrogens (primary N) is 1. The van der Waals surface area contributed by atoms with E-state index in [1.807, 2.05) is 5.32 Å². The summed E-state index contributed by atoms with van der Waals surface area (Å²) in [5.74, 6) is -3.23. The lowest BCUT2D eigenvalue weighted by Gasteiger charge is -2.09. The fourth-order valence-electron chi connectivity index (χ4n) is 0.859. The van der Waals surface area contributed by atoms with Crippen LogP contribution in [0.15, 0.2) is 0 Å². The molecule has 10 heteroatoms. The summed E-state index contributed by atoms with van der Waals surface area (Å²) in [4.78, 5) is 43.4. The van der Waals surface area contributed by atoms with Gasteiger partial charge in [-0.05, 0) is 0 Å². The molecule has 10 nitrogen and oxygen atoms in total. The zero-order valence-electron chi connectivity index (χ0n) is 10.0. The highest BCUT2D eigenvalue weighted by Crippen LogP contribution is 1.76. The number of hydrogen-bond donors (Lipinski definition) is 6. The number of rotatable bonds is 8. The number of amides is 3. The average Bonchev–Trinajstić information content (AvgIpc) is 2.38. The van der Waals surface area contributed by atoms with Crippen LogP contribution in [0.25, 0.3) is 0 Å². The van der Waals surface area contributed by atoms with Crippen molar-refractivity contribution in [3.8, 4) is 0 Å². The highest BCUT2D eigenvalue weighted by atomic mass is 16.4. The number of carbonyl (C=O) groups excluding carboxylic acids is 3. The number of aliphatic hydroxyl groups is 1. The van der Waals surface area contributed by atoms with Crippen molar-refractivity contribution in [1.29, 1.82) is 0 Å². The van der Waals surface area contributed by atoms with Gasteiger partial charge in [-0.2, -0.15) is 0 Å². The van der Waals surface area contributed by atoms with Crippen molar-refractivity contribution >= 4 is 23.7 Å². The molecule has 0 aromatic rings. The maximum atomic E-state index is 11.2. The van der Waals surface area contributed by atoms with Crippen LogP contribution in [-0.4, -0.2) is 66.2 Å². The second kappa shape index (κ2) is 8.83. The molecule has 0 heterocycles. The fraction of sp³-hybridized carbons (Fsp3) is 0.556. The Balaban J connectivity index is 3.78. The smallest absolute Gasteiger partial charge is 0.322 e. The average molecular weight is 276 g/mol. The van der Waals surface area contributed by atoms with E-state index in [4.69, 9.17) is 15.9 Å². The van der Waals surface area contributed by atoms with Crippen molar-refractivity contribution in [2.45, 2.75) is 6.04 Å². The van der Waals surface area contributed by atoms with Crippen LogP contribution in [0.3, 0.4) is 0 Å². The van der Waals surface area contributed by atoms with Gasteiger partial charge < -0.3 is 31.9 Å². The van der Waals surface area contributed by atoms with E-state index in [-0.39, 0.29) is 0 Å². The van der Waals surface area contributed by atoms with Gasteiger partial charge >= 0.3 is 5.97 Å². The molecule has 0 fully saturated rings. The van der Waals surface area contributed by atoms with Gasteiger partial charge in [0.1, 0.15) is 12.6 Å². The van der Waals surface area contributed by atoms with Gasteiger partial charge in [-0.25, -0.2) is 0 Å². The van der Waals surface area contributed by atoms with E-state index in [0.717, 1.165) is 0 Å². The van der Waals surface area contributed by atoms with Gasteiger partial charge in [-0.15, -0.1) is 0 Å². The molecule has 108 valence electrons. The third-order valence-electron chi connectivity index (χ3n) is 1.84. The number of carbonyl (C=O) groups is 4. The van der Waals surface area contributed by atoms with Gasteiger partial charge in [-0.3, -0.25) is 19.2 Å². The van der Waals surface area contributed by atoms with E-state index in [2.05, 4.69) is 10.6 Å². The third-order valence-corrected chi connectivity index (χ3v) is 1.84. The summed E-state index contributed by atoms with van der Waals surface area (Å²) in [6.07, 6.45) is 0. The van der Waals surface area contributed by atoms with E-state index in [0.29, 0.717) is 0 Å². The van der Waals surface area contributed by atoms with Crippen LogP contribution < -0.4 is 21.7 Å². The molecule has 0 aliphatic rings. The summed E-state index contributed by atoms with van der Waals surface area (Å²) >= 11 is 0. The van der Waals surface area contributed by atoms with Crippen LogP contribution in [0, 0.1) is 0 Å². The molecular weight excluding hydrogens is 260 g/mol. The number of carboxylic acid groups (broad SMARTS) is 1. The maximum absolute atomic E-state index is 11.2. The molecule has 0 radical (unpaired) electrons. The normalized spacial score (nSPS) is 11.3. The first-order chi connectivity index (χ1) is 8.86. The first-order valence-corrected chi connectivity index (χ1v) is 5.26. The molecule has 0 aliphatic heterocycles. The topological polar surface area (TPSA) is 171 Å². The van der Waals surface area contributed by atoms with Gasteiger partial charge in [0.25, 0.3) is 0 Å². The maximum Gasteiger partial charge on any atom is 0.322 e. The van der Waals surface area contributed by atoms with Gasteiger partial charge in [-0.1, -0.05) is 0 Å². The van der Waals surface area contributed by atoms with E-state index in [1.54, 1.807) is 0 Å². The molecule has 7 N–H and O–H groups in total. The standard InChI is InChI=1S/C9H16N4O6/c10-5(4-14)9(19)13-2-7(16)11-1-6(15)12-3-8(17)18/h5,14H,1-4,10H2,(H,11,16)(H,12,15)(H,13,19)(H,17,18). The monoisotopic (exact) mass is 276 g/mol. The molecule has 0 spiro atoms. The summed E-state index contributed by atoms with van der Waals surface area (Å²) < 4.78 is 0. The number of hydrogen-bond acceptors (Lipinski definition) is 6. The predicted octanol–water partition coefficient (Wildman–Crippen LogP) is -4.26. The minimum atomic E-state index is -1.20. The molecule has 0 bridgehead atoms. The number of aliphatic carboxylic acids is 1. The van der Waals surface area contributed by atoms with E-state index < -0.39 is 56.0 Å². The Morgan fingerprint density at radius 2 is 1.42 bits per heavy atom. The van der Waals surface area contributed by atoms with Crippen LogP contribution >= 0.6 is 0 Å². The van der Waals surface area contributed by atoms with Gasteiger partial charge in [0.05, 0.1) is 19.7 Å². The Morgan fingerprint density at radius 3 is 1.89 bits per heavy atom. The third kappa shape index (κ3) is 8.51. The van der Waals surface area contributed by atoms with Crippen molar-refractivity contribution < 1.29 is 29.4 Å². The quantitative estimate of drug-likeness (QED) is 0.260. The summed E-state index contributed by atoms with van der Waals surface area (Å²) in [7, 11) is 0. The molecule has 1 unspecified atom stereocenters. The first kappa shape index (κ1) is 16.8. The predicted molar refractivity (Wildman–Crippen MR) is 61.7 cm³/mol. The highest BCUT2D eigenvalue weighted by molar-refractivity contribution is 5.90. The molecule has 3 amide bonds. The van der Waals surface area contributed by atoms with Gasteiger partial charge in [0.15, 0.2) is 0 Å².